The third-order valence-electron chi connectivity index (χ3n) is 6.79. The van der Waals surface area contributed by atoms with Gasteiger partial charge >= 0.3 is 0 Å². The van der Waals surface area contributed by atoms with Crippen molar-refractivity contribution in [2.45, 2.75) is 64.8 Å². The fourth-order valence-electron chi connectivity index (χ4n) is 5.10. The third kappa shape index (κ3) is 4.35. The number of anilines is 2. The molecule has 33 heavy (non-hydrogen) atoms. The predicted octanol–water partition coefficient (Wildman–Crippen LogP) is 7.17. The summed E-state index contributed by atoms with van der Waals surface area (Å²) in [6.45, 7) is 4.38. The number of carbonyl (C=O) groups is 1. The highest BCUT2D eigenvalue weighted by molar-refractivity contribution is 6.34. The fourth-order valence-corrected chi connectivity index (χ4v) is 5.10. The van der Waals surface area contributed by atoms with Crippen LogP contribution in [0.2, 0.25) is 0 Å². The van der Waals surface area contributed by atoms with Gasteiger partial charge in [-0.3, -0.25) is 4.79 Å². The number of nitrogens with one attached hydrogen (secondary N) is 2. The molecule has 1 aliphatic carbocycles. The number of hydrogen-bond acceptors (Lipinski definition) is 3. The molecule has 0 spiro atoms. The van der Waals surface area contributed by atoms with E-state index < -0.39 is 0 Å². The van der Waals surface area contributed by atoms with Crippen LogP contribution in [-0.4, -0.2) is 5.91 Å². The molecule has 1 unspecified atom stereocenters. The Labute approximate surface area is 196 Å². The molecule has 5 rings (SSSR count). The van der Waals surface area contributed by atoms with Crippen LogP contribution in [0.1, 0.15) is 79.3 Å². The minimum Gasteiger partial charge on any atom is -0.461 e. The average molecular weight is 441 g/mol. The van der Waals surface area contributed by atoms with Gasteiger partial charge < -0.3 is 15.1 Å². The molecule has 0 fully saturated rings. The molecule has 1 atom stereocenters. The zero-order valence-electron chi connectivity index (χ0n) is 19.5. The maximum atomic E-state index is 12.9. The molecule has 2 N–H and O–H groups in total. The zero-order valence-corrected chi connectivity index (χ0v) is 19.5. The minimum absolute atomic E-state index is 0.0540. The van der Waals surface area contributed by atoms with E-state index in [2.05, 4.69) is 48.7 Å². The first-order valence-corrected chi connectivity index (χ1v) is 12.3. The molecule has 0 saturated carbocycles. The molecule has 0 radical (unpaired) electrons. The summed E-state index contributed by atoms with van der Waals surface area (Å²) >= 11 is 0. The molecule has 4 heteroatoms. The topological polar surface area (TPSA) is 54.3 Å². The Kier molecular flexibility index (Phi) is 6.08. The van der Waals surface area contributed by atoms with Crippen LogP contribution in [0.25, 0.3) is 11.6 Å². The standard InChI is InChI=1S/C29H32N2O2/c1-3-4-10-20-15-16-25-23(17-20)24(29(32)31-25)18-27-28(22-13-8-9-14-26(22)33-27)19(2)30-21-11-6-5-7-12-21/h5-7,11-12,15-19,30H,3-4,8-10,13-14H2,1-2H3,(H,31,32). The van der Waals surface area contributed by atoms with Gasteiger partial charge in [-0.25, -0.2) is 0 Å². The normalized spacial score (nSPS) is 16.9. The van der Waals surface area contributed by atoms with Crippen LogP contribution in [0.3, 0.4) is 0 Å². The molecular weight excluding hydrogens is 408 g/mol. The summed E-state index contributed by atoms with van der Waals surface area (Å²) in [7, 11) is 0. The first kappa shape index (κ1) is 21.6. The monoisotopic (exact) mass is 440 g/mol. The van der Waals surface area contributed by atoms with Gasteiger partial charge in [-0.05, 0) is 80.5 Å². The van der Waals surface area contributed by atoms with E-state index in [0.29, 0.717) is 5.57 Å². The van der Waals surface area contributed by atoms with Crippen molar-refractivity contribution in [2.75, 3.05) is 10.6 Å². The van der Waals surface area contributed by atoms with Crippen LogP contribution >= 0.6 is 0 Å². The molecule has 170 valence electrons. The van der Waals surface area contributed by atoms with Crippen LogP contribution < -0.4 is 10.6 Å². The second-order valence-electron chi connectivity index (χ2n) is 9.22. The van der Waals surface area contributed by atoms with Gasteiger partial charge in [-0.1, -0.05) is 37.6 Å². The van der Waals surface area contributed by atoms with E-state index in [-0.39, 0.29) is 11.9 Å². The van der Waals surface area contributed by atoms with E-state index >= 15 is 0 Å². The Balaban J connectivity index is 1.55. The number of rotatable bonds is 7. The number of carbonyl (C=O) groups excluding carboxylic acids is 1. The lowest BCUT2D eigenvalue weighted by Gasteiger charge is -2.18. The first-order valence-electron chi connectivity index (χ1n) is 12.3. The number of benzene rings is 2. The summed E-state index contributed by atoms with van der Waals surface area (Å²) in [4.78, 5) is 12.9. The number of amides is 1. The first-order chi connectivity index (χ1) is 16.1. The Bertz CT molecular complexity index is 1190. The SMILES string of the molecule is CCCCc1ccc2c(c1)C(=Cc1oc3c(c1C(C)Nc1ccccc1)CCCC3)C(=O)N2. The fraction of sp³-hybridized carbons (Fsp3) is 0.345. The van der Waals surface area contributed by atoms with Crippen LogP contribution in [0.5, 0.6) is 0 Å². The number of unbranched alkanes of at least 4 members (excludes halogenated alkanes) is 1. The Morgan fingerprint density at radius 2 is 1.94 bits per heavy atom. The van der Waals surface area contributed by atoms with Gasteiger partial charge in [0.05, 0.1) is 11.6 Å². The van der Waals surface area contributed by atoms with Gasteiger partial charge in [0.15, 0.2) is 0 Å². The molecule has 2 aliphatic rings. The van der Waals surface area contributed by atoms with Crippen LogP contribution in [0, 0.1) is 0 Å². The average Bonchev–Trinajstić information content (AvgIpc) is 3.35. The van der Waals surface area contributed by atoms with Crippen molar-refractivity contribution >= 4 is 28.9 Å². The minimum atomic E-state index is -0.0540. The molecule has 3 aromatic rings. The van der Waals surface area contributed by atoms with Crippen molar-refractivity contribution in [2.24, 2.45) is 0 Å². The highest BCUT2D eigenvalue weighted by Gasteiger charge is 2.29. The molecule has 2 aromatic carbocycles. The number of aryl methyl sites for hydroxylation is 2. The highest BCUT2D eigenvalue weighted by atomic mass is 16.3. The van der Waals surface area contributed by atoms with Crippen LogP contribution in [0.15, 0.2) is 52.9 Å². The largest absolute Gasteiger partial charge is 0.461 e. The van der Waals surface area contributed by atoms with Crippen LogP contribution in [-0.2, 0) is 24.1 Å². The van der Waals surface area contributed by atoms with Gasteiger partial charge in [-0.15, -0.1) is 0 Å². The summed E-state index contributed by atoms with van der Waals surface area (Å²) in [5.74, 6) is 1.84. The van der Waals surface area contributed by atoms with Crippen molar-refractivity contribution in [3.63, 3.8) is 0 Å². The van der Waals surface area contributed by atoms with E-state index in [1.54, 1.807) is 0 Å². The lowest BCUT2D eigenvalue weighted by Crippen LogP contribution is -2.11. The van der Waals surface area contributed by atoms with E-state index in [0.717, 1.165) is 67.0 Å². The molecule has 1 amide bonds. The predicted molar refractivity (Wildman–Crippen MR) is 135 cm³/mol. The maximum absolute atomic E-state index is 12.9. The van der Waals surface area contributed by atoms with E-state index in [4.69, 9.17) is 4.42 Å². The van der Waals surface area contributed by atoms with Gasteiger partial charge in [0.1, 0.15) is 11.5 Å². The Morgan fingerprint density at radius 1 is 1.12 bits per heavy atom. The maximum Gasteiger partial charge on any atom is 0.256 e. The zero-order chi connectivity index (χ0) is 22.8. The van der Waals surface area contributed by atoms with Crippen molar-refractivity contribution in [1.82, 2.24) is 0 Å². The lowest BCUT2D eigenvalue weighted by molar-refractivity contribution is -0.110. The van der Waals surface area contributed by atoms with E-state index in [1.165, 1.54) is 23.1 Å². The lowest BCUT2D eigenvalue weighted by atomic mass is 9.91. The van der Waals surface area contributed by atoms with Gasteiger partial charge in [-0.2, -0.15) is 0 Å². The molecule has 4 nitrogen and oxygen atoms in total. The highest BCUT2D eigenvalue weighted by Crippen LogP contribution is 2.39. The quantitative estimate of drug-likeness (QED) is 0.383. The molecular formula is C29H32N2O2. The molecule has 2 heterocycles. The summed E-state index contributed by atoms with van der Waals surface area (Å²) in [5.41, 5.74) is 7.43. The Hall–Kier alpha value is -3.27. The summed E-state index contributed by atoms with van der Waals surface area (Å²) in [6.07, 6.45) is 9.64. The van der Waals surface area contributed by atoms with E-state index in [9.17, 15) is 4.79 Å². The van der Waals surface area contributed by atoms with Crippen LogP contribution in [0.4, 0.5) is 11.4 Å². The molecule has 0 bridgehead atoms. The third-order valence-corrected chi connectivity index (χ3v) is 6.79. The van der Waals surface area contributed by atoms with Crippen molar-refractivity contribution in [1.29, 1.82) is 0 Å². The number of furan rings is 1. The van der Waals surface area contributed by atoms with Crippen molar-refractivity contribution in [3.8, 4) is 0 Å². The molecule has 1 aromatic heterocycles. The summed E-state index contributed by atoms with van der Waals surface area (Å²) in [5, 5.41) is 6.67. The van der Waals surface area contributed by atoms with Crippen molar-refractivity contribution < 1.29 is 9.21 Å². The second kappa shape index (κ2) is 9.30. The van der Waals surface area contributed by atoms with E-state index in [1.807, 2.05) is 30.3 Å². The van der Waals surface area contributed by atoms with Gasteiger partial charge in [0.2, 0.25) is 0 Å². The number of para-hydroxylation sites is 1. The Morgan fingerprint density at radius 3 is 2.76 bits per heavy atom. The number of hydrogen-bond donors (Lipinski definition) is 2. The van der Waals surface area contributed by atoms with Gasteiger partial charge in [0, 0.05) is 28.9 Å². The molecule has 1 aliphatic heterocycles. The summed E-state index contributed by atoms with van der Waals surface area (Å²) < 4.78 is 6.42. The second-order valence-corrected chi connectivity index (χ2v) is 9.22. The molecule has 0 saturated heterocycles. The van der Waals surface area contributed by atoms with Gasteiger partial charge in [0.25, 0.3) is 5.91 Å². The summed E-state index contributed by atoms with van der Waals surface area (Å²) in [6, 6.07) is 16.7. The van der Waals surface area contributed by atoms with Crippen molar-refractivity contribution in [3.05, 3.63) is 82.3 Å². The number of fused-ring (bicyclic) bond motifs is 2. The smallest absolute Gasteiger partial charge is 0.256 e.